The van der Waals surface area contributed by atoms with Crippen molar-refractivity contribution in [3.63, 3.8) is 0 Å². The molecule has 0 saturated heterocycles. The zero-order valence-electron chi connectivity index (χ0n) is 38.1. The molecule has 0 radical (unpaired) electrons. The number of unbranched alkanes of at least 4 members (excludes halogenated alkanes) is 11. The van der Waals surface area contributed by atoms with Gasteiger partial charge in [-0.3, -0.25) is 18.6 Å². The predicted octanol–water partition coefficient (Wildman–Crippen LogP) is 9.28. The molecule has 63 heavy (non-hydrogen) atoms. The molecule has 0 aromatic rings. The van der Waals surface area contributed by atoms with E-state index in [0.29, 0.717) is 19.3 Å². The number of hydrogen-bond donors (Lipinski definition) is 6. The van der Waals surface area contributed by atoms with Crippen LogP contribution in [0.2, 0.25) is 0 Å². The maximum Gasteiger partial charge on any atom is 0.472 e. The number of hydrogen-bond acceptors (Lipinski definition) is 12. The largest absolute Gasteiger partial charge is 0.472 e. The van der Waals surface area contributed by atoms with E-state index < -0.39 is 75.7 Å². The standard InChI is InChI=1S/C49H81O13P/c1-3-5-7-9-11-13-15-17-19-20-21-22-24-25-27-29-31-33-35-37-42(50)59-39-41(40-60-63(57,58)62-49-47(55)45(53)44(52)46(54)48(49)56)61-43(51)38-36-34-32-30-28-26-23-18-16-14-12-10-8-6-4-2/h5,7,11,13,17-19,21-23,25,27,31,33,41,44-49,52-56H,3-4,6,8-10,12,14-16,20,24,26,28-30,32,34-40H2,1-2H3,(H,57,58)/b7-5-,13-11-,19-17-,22-21-,23-18-,27-25-,33-31-/t41-,44?,45-,46?,47?,48?,49?/m1/s1. The highest BCUT2D eigenvalue weighted by Gasteiger charge is 2.51. The molecule has 360 valence electrons. The van der Waals surface area contributed by atoms with Crippen LogP contribution in [-0.4, -0.2) is 98.3 Å². The Balaban J connectivity index is 2.52. The number of esters is 2. The van der Waals surface area contributed by atoms with Crippen molar-refractivity contribution < 1.29 is 63.1 Å². The van der Waals surface area contributed by atoms with Gasteiger partial charge in [0.05, 0.1) is 6.61 Å². The van der Waals surface area contributed by atoms with Crippen LogP contribution in [-0.2, 0) is 32.7 Å². The van der Waals surface area contributed by atoms with Crippen LogP contribution in [0.25, 0.3) is 0 Å². The minimum Gasteiger partial charge on any atom is -0.462 e. The third-order valence-electron chi connectivity index (χ3n) is 10.2. The summed E-state index contributed by atoms with van der Waals surface area (Å²) in [5.41, 5.74) is 0. The fourth-order valence-corrected chi connectivity index (χ4v) is 7.46. The van der Waals surface area contributed by atoms with E-state index in [1.165, 1.54) is 38.5 Å². The van der Waals surface area contributed by atoms with Crippen LogP contribution in [0.1, 0.15) is 155 Å². The molecular weight excluding hydrogens is 827 g/mol. The van der Waals surface area contributed by atoms with Gasteiger partial charge in [0.1, 0.15) is 43.2 Å². The van der Waals surface area contributed by atoms with Crippen LogP contribution in [0.5, 0.6) is 0 Å². The van der Waals surface area contributed by atoms with Crippen molar-refractivity contribution in [2.75, 3.05) is 13.2 Å². The first-order valence-corrected chi connectivity index (χ1v) is 24.9. The number of ether oxygens (including phenoxy) is 2. The molecule has 0 spiro atoms. The molecule has 1 saturated carbocycles. The molecule has 0 amide bonds. The lowest BCUT2D eigenvalue weighted by Crippen LogP contribution is -2.64. The van der Waals surface area contributed by atoms with Gasteiger partial charge in [-0.1, -0.05) is 150 Å². The molecular formula is C49H81O13P. The molecule has 13 nitrogen and oxygen atoms in total. The quantitative estimate of drug-likeness (QED) is 0.0149. The van der Waals surface area contributed by atoms with Gasteiger partial charge in [0.2, 0.25) is 0 Å². The molecule has 1 aliphatic carbocycles. The Hall–Kier alpha value is -2.97. The molecule has 1 rings (SSSR count). The van der Waals surface area contributed by atoms with Crippen molar-refractivity contribution in [3.8, 4) is 0 Å². The summed E-state index contributed by atoms with van der Waals surface area (Å²) < 4.78 is 33.4. The Morgan fingerprint density at radius 1 is 0.508 bits per heavy atom. The van der Waals surface area contributed by atoms with Crippen LogP contribution in [0.3, 0.4) is 0 Å². The maximum absolute atomic E-state index is 12.8. The molecule has 1 fully saturated rings. The Labute approximate surface area is 378 Å². The second kappa shape index (κ2) is 38.3. The third kappa shape index (κ3) is 30.7. The minimum absolute atomic E-state index is 0.0359. The molecule has 0 aromatic carbocycles. The molecule has 8 atom stereocenters. The summed E-state index contributed by atoms with van der Waals surface area (Å²) in [6, 6.07) is 0. The van der Waals surface area contributed by atoms with Crippen LogP contribution >= 0.6 is 7.82 Å². The summed E-state index contributed by atoms with van der Waals surface area (Å²) in [5, 5.41) is 50.1. The molecule has 14 heteroatoms. The highest BCUT2D eigenvalue weighted by Crippen LogP contribution is 2.47. The second-order valence-corrected chi connectivity index (χ2v) is 17.3. The monoisotopic (exact) mass is 909 g/mol. The molecule has 6 N–H and O–H groups in total. The summed E-state index contributed by atoms with van der Waals surface area (Å²) in [4.78, 5) is 35.7. The van der Waals surface area contributed by atoms with Crippen molar-refractivity contribution >= 4 is 19.8 Å². The van der Waals surface area contributed by atoms with Crippen LogP contribution < -0.4 is 0 Å². The van der Waals surface area contributed by atoms with Crippen molar-refractivity contribution in [1.29, 1.82) is 0 Å². The first-order valence-electron chi connectivity index (χ1n) is 23.4. The van der Waals surface area contributed by atoms with Gasteiger partial charge in [-0.05, 0) is 77.0 Å². The van der Waals surface area contributed by atoms with Crippen molar-refractivity contribution in [3.05, 3.63) is 85.1 Å². The summed E-state index contributed by atoms with van der Waals surface area (Å²) in [7, 11) is -5.14. The first-order chi connectivity index (χ1) is 30.4. The first kappa shape index (κ1) is 58.0. The Morgan fingerprint density at radius 2 is 0.937 bits per heavy atom. The van der Waals surface area contributed by atoms with E-state index in [0.717, 1.165) is 70.6 Å². The Kier molecular flexibility index (Phi) is 35.3. The minimum atomic E-state index is -5.14. The number of aliphatic hydroxyl groups is 5. The topological polar surface area (TPSA) is 210 Å². The Morgan fingerprint density at radius 3 is 1.44 bits per heavy atom. The van der Waals surface area contributed by atoms with Crippen molar-refractivity contribution in [2.24, 2.45) is 0 Å². The van der Waals surface area contributed by atoms with Gasteiger partial charge in [0.25, 0.3) is 0 Å². The summed E-state index contributed by atoms with van der Waals surface area (Å²) in [6.45, 7) is 3.10. The van der Waals surface area contributed by atoms with E-state index in [9.17, 15) is 44.6 Å². The van der Waals surface area contributed by atoms with Gasteiger partial charge in [-0.25, -0.2) is 4.57 Å². The normalized spacial score (nSPS) is 22.5. The number of phosphoric acid groups is 1. The fourth-order valence-electron chi connectivity index (χ4n) is 6.48. The SMILES string of the molecule is CC/C=C\C/C=C\C/C=C\C/C=C\C/C=C\C/C=C\CCC(=O)OC[C@H](COP(=O)(O)OC1C(O)C(O)C(O)[C@@H](O)C1O)OC(=O)CCCCCCC/C=C\CCCCCCCC. The zero-order valence-corrected chi connectivity index (χ0v) is 39.0. The number of phosphoric ester groups is 1. The van der Waals surface area contributed by atoms with E-state index in [1.807, 2.05) is 18.2 Å². The van der Waals surface area contributed by atoms with Gasteiger partial charge < -0.3 is 39.9 Å². The van der Waals surface area contributed by atoms with Gasteiger partial charge in [0, 0.05) is 12.8 Å². The number of carbonyl (C=O) groups is 2. The highest BCUT2D eigenvalue weighted by molar-refractivity contribution is 7.47. The summed E-state index contributed by atoms with van der Waals surface area (Å²) >= 11 is 0. The van der Waals surface area contributed by atoms with E-state index in [2.05, 4.69) is 80.7 Å². The van der Waals surface area contributed by atoms with E-state index in [1.54, 1.807) is 0 Å². The van der Waals surface area contributed by atoms with Crippen molar-refractivity contribution in [2.45, 2.75) is 198 Å². The molecule has 1 aliphatic rings. The summed E-state index contributed by atoms with van der Waals surface area (Å²) in [5.74, 6) is -1.21. The number of allylic oxidation sites excluding steroid dienone is 14. The fraction of sp³-hybridized carbons (Fsp3) is 0.673. The number of rotatable bonds is 37. The van der Waals surface area contributed by atoms with E-state index >= 15 is 0 Å². The van der Waals surface area contributed by atoms with Crippen LogP contribution in [0.15, 0.2) is 85.1 Å². The van der Waals surface area contributed by atoms with Gasteiger partial charge in [-0.15, -0.1) is 0 Å². The van der Waals surface area contributed by atoms with E-state index in [4.69, 9.17) is 18.5 Å². The predicted molar refractivity (Wildman–Crippen MR) is 248 cm³/mol. The Bertz CT molecular complexity index is 1420. The van der Waals surface area contributed by atoms with Crippen LogP contribution in [0.4, 0.5) is 0 Å². The smallest absolute Gasteiger partial charge is 0.462 e. The molecule has 0 aliphatic heterocycles. The van der Waals surface area contributed by atoms with Gasteiger partial charge >= 0.3 is 19.8 Å². The molecule has 6 unspecified atom stereocenters. The van der Waals surface area contributed by atoms with E-state index in [-0.39, 0.29) is 12.8 Å². The maximum atomic E-state index is 12.8. The lowest BCUT2D eigenvalue weighted by Gasteiger charge is -2.41. The van der Waals surface area contributed by atoms with Crippen molar-refractivity contribution in [1.82, 2.24) is 0 Å². The average molecular weight is 909 g/mol. The zero-order chi connectivity index (χ0) is 46.4. The highest BCUT2D eigenvalue weighted by atomic mass is 31.2. The second-order valence-electron chi connectivity index (χ2n) is 15.9. The van der Waals surface area contributed by atoms with Gasteiger partial charge in [-0.2, -0.15) is 0 Å². The molecule has 0 aromatic heterocycles. The lowest BCUT2D eigenvalue weighted by atomic mass is 9.85. The molecule has 0 heterocycles. The number of carbonyl (C=O) groups excluding carboxylic acids is 2. The summed E-state index contributed by atoms with van der Waals surface area (Å²) in [6.07, 6.45) is 36.5. The average Bonchev–Trinajstić information content (AvgIpc) is 3.26. The molecule has 0 bridgehead atoms. The van der Waals surface area contributed by atoms with Crippen LogP contribution in [0, 0.1) is 0 Å². The third-order valence-corrected chi connectivity index (χ3v) is 11.2. The number of aliphatic hydroxyl groups excluding tert-OH is 5. The van der Waals surface area contributed by atoms with Gasteiger partial charge in [0.15, 0.2) is 6.10 Å². The lowest BCUT2D eigenvalue weighted by molar-refractivity contribution is -0.220.